The van der Waals surface area contributed by atoms with Crippen molar-refractivity contribution in [2.45, 2.75) is 39.8 Å². The van der Waals surface area contributed by atoms with E-state index in [0.29, 0.717) is 5.69 Å². The molecule has 0 unspecified atom stereocenters. The average molecular weight is 408 g/mol. The first-order valence-electron chi connectivity index (χ1n) is 9.08. The topological polar surface area (TPSA) is 75.7 Å². The van der Waals surface area contributed by atoms with Crippen LogP contribution in [0.15, 0.2) is 48.5 Å². The zero-order chi connectivity index (χ0) is 20.7. The molecule has 0 spiro atoms. The predicted octanol–water partition coefficient (Wildman–Crippen LogP) is 4.39. The summed E-state index contributed by atoms with van der Waals surface area (Å²) in [5, 5.41) is 2.70. The Bertz CT molecular complexity index is 918. The maximum absolute atomic E-state index is 13.4. The third-order valence-electron chi connectivity index (χ3n) is 4.29. The molecule has 6 nitrogen and oxygen atoms in total. The van der Waals surface area contributed by atoms with Crippen molar-refractivity contribution in [3.05, 3.63) is 59.9 Å². The Labute approximate surface area is 165 Å². The minimum atomic E-state index is -3.63. The maximum atomic E-state index is 13.4. The van der Waals surface area contributed by atoms with Gasteiger partial charge in [0.15, 0.2) is 0 Å². The van der Waals surface area contributed by atoms with Crippen LogP contribution in [0, 0.1) is 5.82 Å². The van der Waals surface area contributed by atoms with Crippen LogP contribution in [-0.4, -0.2) is 31.1 Å². The van der Waals surface area contributed by atoms with Gasteiger partial charge in [0.2, 0.25) is 0 Å². The number of rotatable bonds is 8. The van der Waals surface area contributed by atoms with Gasteiger partial charge in [0.25, 0.3) is 0 Å². The quantitative estimate of drug-likeness (QED) is 0.658. The summed E-state index contributed by atoms with van der Waals surface area (Å²) in [4.78, 5) is 14.4. The van der Waals surface area contributed by atoms with E-state index in [1.807, 2.05) is 13.8 Å². The molecule has 1 N–H and O–H groups in total. The zero-order valence-electron chi connectivity index (χ0n) is 16.2. The van der Waals surface area contributed by atoms with Crippen LogP contribution in [0.4, 0.5) is 14.9 Å². The summed E-state index contributed by atoms with van der Waals surface area (Å²) in [5.41, 5.74) is 1.09. The van der Waals surface area contributed by atoms with Gasteiger partial charge in [-0.15, -0.1) is 0 Å². The first-order chi connectivity index (χ1) is 13.2. The molecule has 0 heterocycles. The summed E-state index contributed by atoms with van der Waals surface area (Å²) in [6.07, 6.45) is 0.719. The number of carbonyl (C=O) groups is 1. The van der Waals surface area contributed by atoms with Crippen molar-refractivity contribution in [3.8, 4) is 5.75 Å². The number of anilines is 1. The third kappa shape index (κ3) is 6.23. The van der Waals surface area contributed by atoms with Gasteiger partial charge in [-0.2, -0.15) is 8.42 Å². The van der Waals surface area contributed by atoms with Gasteiger partial charge in [0.05, 0.1) is 5.75 Å². The van der Waals surface area contributed by atoms with Crippen LogP contribution < -0.4 is 9.50 Å². The van der Waals surface area contributed by atoms with E-state index >= 15 is 0 Å². The Hall–Kier alpha value is -2.61. The van der Waals surface area contributed by atoms with Crippen molar-refractivity contribution < 1.29 is 21.8 Å². The first-order valence-corrected chi connectivity index (χ1v) is 10.7. The summed E-state index contributed by atoms with van der Waals surface area (Å²) in [7, 11) is -3.63. The highest BCUT2D eigenvalue weighted by Crippen LogP contribution is 2.20. The second-order valence-corrected chi connectivity index (χ2v) is 8.26. The highest BCUT2D eigenvalue weighted by atomic mass is 32.2. The lowest BCUT2D eigenvalue weighted by Crippen LogP contribution is -2.40. The zero-order valence-corrected chi connectivity index (χ0v) is 17.0. The van der Waals surface area contributed by atoms with Crippen molar-refractivity contribution in [2.75, 3.05) is 11.1 Å². The minimum absolute atomic E-state index is 0.0856. The van der Waals surface area contributed by atoms with E-state index in [2.05, 4.69) is 5.32 Å². The average Bonchev–Trinajstić information content (AvgIpc) is 2.65. The van der Waals surface area contributed by atoms with Crippen molar-refractivity contribution in [1.29, 1.82) is 0 Å². The molecule has 0 aliphatic heterocycles. The minimum Gasteiger partial charge on any atom is -0.382 e. The summed E-state index contributed by atoms with van der Waals surface area (Å²) in [6, 6.07) is 11.8. The van der Waals surface area contributed by atoms with Gasteiger partial charge in [-0.1, -0.05) is 25.1 Å². The lowest BCUT2D eigenvalue weighted by Gasteiger charge is -2.29. The van der Waals surface area contributed by atoms with Crippen LogP contribution in [0.25, 0.3) is 0 Å². The Balaban J connectivity index is 2.19. The predicted molar refractivity (Wildman–Crippen MR) is 107 cm³/mol. The van der Waals surface area contributed by atoms with Gasteiger partial charge in [-0.25, -0.2) is 9.18 Å². The molecular weight excluding hydrogens is 383 g/mol. The van der Waals surface area contributed by atoms with Gasteiger partial charge >= 0.3 is 16.1 Å². The number of hydrogen-bond donors (Lipinski definition) is 1. The van der Waals surface area contributed by atoms with Crippen LogP contribution >= 0.6 is 0 Å². The molecule has 28 heavy (non-hydrogen) atoms. The fourth-order valence-corrected chi connectivity index (χ4v) is 3.02. The number of hydrogen-bond acceptors (Lipinski definition) is 4. The van der Waals surface area contributed by atoms with E-state index in [9.17, 15) is 17.6 Å². The van der Waals surface area contributed by atoms with Crippen LogP contribution in [0.1, 0.15) is 32.8 Å². The van der Waals surface area contributed by atoms with Gasteiger partial charge < -0.3 is 14.4 Å². The third-order valence-corrected chi connectivity index (χ3v) is 5.44. The molecule has 2 aromatic carbocycles. The largest absolute Gasteiger partial charge is 0.382 e. The number of urea groups is 1. The molecule has 0 aliphatic rings. The molecule has 2 amide bonds. The monoisotopic (exact) mass is 408 g/mol. The van der Waals surface area contributed by atoms with Crippen molar-refractivity contribution in [1.82, 2.24) is 4.90 Å². The summed E-state index contributed by atoms with van der Waals surface area (Å²) in [5.74, 6) is -0.365. The molecule has 0 radical (unpaired) electrons. The molecular formula is C20H25FN2O4S. The number of nitrogens with zero attached hydrogens (tertiary/aromatic N) is 1. The lowest BCUT2D eigenvalue weighted by molar-refractivity contribution is 0.187. The van der Waals surface area contributed by atoms with Crippen LogP contribution in [0.2, 0.25) is 0 Å². The van der Waals surface area contributed by atoms with Crippen LogP contribution in [0.5, 0.6) is 5.75 Å². The molecule has 0 aromatic heterocycles. The fraction of sp³-hybridized carbons (Fsp3) is 0.350. The van der Waals surface area contributed by atoms with Crippen molar-refractivity contribution in [2.24, 2.45) is 0 Å². The Kier molecular flexibility index (Phi) is 7.39. The maximum Gasteiger partial charge on any atom is 0.322 e. The van der Waals surface area contributed by atoms with Gasteiger partial charge in [-0.05, 0) is 56.2 Å². The second-order valence-electron chi connectivity index (χ2n) is 6.40. The SMILES string of the molecule is CC[C@@H](C)N(Cc1cccc(OS(=O)(=O)CC)c1)C(=O)Nc1cccc(F)c1. The van der Waals surface area contributed by atoms with E-state index in [1.54, 1.807) is 35.2 Å². The number of carbonyl (C=O) groups excluding carboxylic acids is 1. The van der Waals surface area contributed by atoms with E-state index in [-0.39, 0.29) is 30.1 Å². The number of benzene rings is 2. The molecule has 152 valence electrons. The normalized spacial score (nSPS) is 12.3. The number of halogens is 1. The van der Waals surface area contributed by atoms with Gasteiger partial charge in [0, 0.05) is 18.3 Å². The first kappa shape index (κ1) is 21.7. The van der Waals surface area contributed by atoms with Crippen LogP contribution in [0.3, 0.4) is 0 Å². The molecule has 2 rings (SSSR count). The molecule has 0 saturated heterocycles. The summed E-state index contributed by atoms with van der Waals surface area (Å²) in [6.45, 7) is 5.62. The number of amides is 2. The lowest BCUT2D eigenvalue weighted by atomic mass is 10.1. The molecule has 1 atom stereocenters. The van der Waals surface area contributed by atoms with E-state index in [0.717, 1.165) is 12.0 Å². The van der Waals surface area contributed by atoms with Crippen LogP contribution in [-0.2, 0) is 16.7 Å². The highest BCUT2D eigenvalue weighted by molar-refractivity contribution is 7.87. The molecule has 8 heteroatoms. The van der Waals surface area contributed by atoms with E-state index in [4.69, 9.17) is 4.18 Å². The summed E-state index contributed by atoms with van der Waals surface area (Å²) >= 11 is 0. The van der Waals surface area contributed by atoms with Gasteiger partial charge in [0.1, 0.15) is 11.6 Å². The highest BCUT2D eigenvalue weighted by Gasteiger charge is 2.20. The number of nitrogens with one attached hydrogen (secondary N) is 1. The Morgan fingerprint density at radius 1 is 1.18 bits per heavy atom. The molecule has 0 aliphatic carbocycles. The standard InChI is InChI=1S/C20H25FN2O4S/c1-4-15(3)23(20(24)22-18-10-7-9-17(21)13-18)14-16-8-6-11-19(12-16)27-28(25,26)5-2/h6-13,15H,4-5,14H2,1-3H3,(H,22,24)/t15-/m1/s1. The summed E-state index contributed by atoms with van der Waals surface area (Å²) < 4.78 is 41.7. The smallest absolute Gasteiger partial charge is 0.322 e. The fourth-order valence-electron chi connectivity index (χ4n) is 2.51. The van der Waals surface area contributed by atoms with Gasteiger partial charge in [-0.3, -0.25) is 0 Å². The van der Waals surface area contributed by atoms with E-state index < -0.39 is 15.9 Å². The Morgan fingerprint density at radius 3 is 2.54 bits per heavy atom. The Morgan fingerprint density at radius 2 is 1.89 bits per heavy atom. The van der Waals surface area contributed by atoms with Crippen molar-refractivity contribution >= 4 is 21.8 Å². The molecule has 2 aromatic rings. The molecule has 0 saturated carbocycles. The van der Waals surface area contributed by atoms with E-state index in [1.165, 1.54) is 25.1 Å². The second kappa shape index (κ2) is 9.54. The molecule has 0 fully saturated rings. The van der Waals surface area contributed by atoms with Crippen molar-refractivity contribution in [3.63, 3.8) is 0 Å². The molecule has 0 bridgehead atoms.